The van der Waals surface area contributed by atoms with Crippen LogP contribution in [0.15, 0.2) is 29.4 Å². The van der Waals surface area contributed by atoms with Gasteiger partial charge in [0.1, 0.15) is 5.69 Å². The zero-order valence-electron chi connectivity index (χ0n) is 35.1. The fourth-order valence-electron chi connectivity index (χ4n) is 7.86. The number of hydrogen-bond acceptors (Lipinski definition) is 5. The minimum Gasteiger partial charge on any atom is -0.441 e. The molecule has 0 radical (unpaired) electrons. The van der Waals surface area contributed by atoms with E-state index in [0.29, 0.717) is 36.4 Å². The van der Waals surface area contributed by atoms with Crippen molar-refractivity contribution < 1.29 is 97.3 Å². The van der Waals surface area contributed by atoms with Crippen LogP contribution in [0.3, 0.4) is 0 Å². The number of nitrogens with zero attached hydrogens (tertiary/aromatic N) is 5. The summed E-state index contributed by atoms with van der Waals surface area (Å²) < 4.78 is 318. The number of aromatic amines is 2. The van der Waals surface area contributed by atoms with E-state index in [4.69, 9.17) is 15.0 Å². The van der Waals surface area contributed by atoms with Crippen LogP contribution in [0, 0.1) is 116 Å². The number of H-pyrrole nitrogens is 2. The smallest absolute Gasteiger partial charge is 0.246 e. The maximum atomic E-state index is 16.2. The van der Waals surface area contributed by atoms with Gasteiger partial charge in [-0.1, -0.05) is 5.11 Å². The normalized spacial score (nSPS) is 13.2. The van der Waals surface area contributed by atoms with Gasteiger partial charge in [-0.2, -0.15) is 0 Å². The fourth-order valence-corrected chi connectivity index (χ4v) is 7.86. The van der Waals surface area contributed by atoms with E-state index in [9.17, 15) is 17.6 Å². The van der Waals surface area contributed by atoms with Gasteiger partial charge in [-0.15, -0.1) is 0 Å². The second kappa shape index (κ2) is 18.5. The van der Waals surface area contributed by atoms with Crippen molar-refractivity contribution in [1.82, 2.24) is 19.9 Å². The van der Waals surface area contributed by atoms with Gasteiger partial charge in [-0.3, -0.25) is 0 Å². The molecule has 2 N–H and O–H groups in total. The molecule has 3 aromatic heterocycles. The summed E-state index contributed by atoms with van der Waals surface area (Å²) >= 11 is 0. The van der Waals surface area contributed by atoms with E-state index in [2.05, 4.69) is 30.0 Å². The van der Waals surface area contributed by atoms with Crippen molar-refractivity contribution in [2.75, 3.05) is 13.2 Å². The number of hydrogen-bond donors (Lipinski definition) is 2. The molecule has 2 aliphatic rings. The van der Waals surface area contributed by atoms with Crippen LogP contribution in [-0.2, 0) is 4.74 Å². The van der Waals surface area contributed by atoms with Crippen molar-refractivity contribution in [3.05, 3.63) is 168 Å². The molecular weight excluding hydrogens is 1050 g/mol. The van der Waals surface area contributed by atoms with Crippen LogP contribution in [0.5, 0.6) is 5.88 Å². The Labute approximate surface area is 394 Å². The highest BCUT2D eigenvalue weighted by molar-refractivity contribution is 5.98. The highest BCUT2D eigenvalue weighted by Gasteiger charge is 2.39. The molecule has 0 saturated heterocycles. The lowest BCUT2D eigenvalue weighted by molar-refractivity contribution is -0.0718. The first-order valence-corrected chi connectivity index (χ1v) is 19.9. The van der Waals surface area contributed by atoms with E-state index in [1.54, 1.807) is 0 Å². The average molecular weight is 1060 g/mol. The van der Waals surface area contributed by atoms with Gasteiger partial charge in [-0.05, 0) is 41.9 Å². The molecule has 5 heterocycles. The van der Waals surface area contributed by atoms with E-state index in [1.165, 1.54) is 0 Å². The van der Waals surface area contributed by atoms with Crippen LogP contribution >= 0.6 is 0 Å². The Hall–Kier alpha value is -8.59. The second-order valence-electron chi connectivity index (χ2n) is 15.1. The van der Waals surface area contributed by atoms with E-state index in [0.717, 1.165) is 0 Å². The summed E-state index contributed by atoms with van der Waals surface area (Å²) in [6, 6.07) is 2.16. The molecule has 2 aliphatic heterocycles. The van der Waals surface area contributed by atoms with Gasteiger partial charge < -0.3 is 19.4 Å². The first-order chi connectivity index (χ1) is 35.0. The van der Waals surface area contributed by atoms with E-state index < -0.39 is 225 Å². The lowest BCUT2D eigenvalue weighted by Gasteiger charge is -2.16. The maximum Gasteiger partial charge on any atom is 0.246 e. The van der Waals surface area contributed by atoms with E-state index >= 15 is 70.2 Å². The number of ether oxygens (including phenoxy) is 2. The molecule has 0 aliphatic carbocycles. The summed E-state index contributed by atoms with van der Waals surface area (Å²) in [4.78, 5) is 14.6. The minimum absolute atomic E-state index is 0.524. The standard InChI is InChI=1S/C45H13F20N7O2/c46-23-19(24(47)32(55)39(62)31(23)54)15-9-1-2-10(68-9)16(20-25(48)33(56)40(63)34(57)26(20)49)12-4-6-14(70-12)18(22-29(52)37(60)42(65)38(61)30(22)53)44-71-43(45(74-44)73-8-7-67-72-66)17(13-5-3-11(15)69-13)21-27(50)35(58)41(64)36(59)28(21)51/h1-6,45,69-70H,7-8H2. The molecule has 0 fully saturated rings. The zero-order chi connectivity index (χ0) is 53.7. The first kappa shape index (κ1) is 50.4. The third-order valence-electron chi connectivity index (χ3n) is 11.1. The SMILES string of the molecule is [N-]=[N+]=NCCOC1Oc2nc1c(-c1c(F)c(F)c(F)c(F)c1F)c1ccc([nH]1)c(-c1c(F)c(F)c(F)c(F)c1F)c1nc(c(-c3c(F)c(F)c(F)c(F)c3F)c3ccc([nH]3)c2-c2c(F)c(F)c(F)c(F)c2F)C=C1. The third-order valence-corrected chi connectivity index (χ3v) is 11.1. The van der Waals surface area contributed by atoms with Gasteiger partial charge in [0.15, 0.2) is 93.1 Å². The largest absolute Gasteiger partial charge is 0.441 e. The molecule has 8 bridgehead atoms. The highest BCUT2D eigenvalue weighted by Crippen LogP contribution is 2.47. The summed E-state index contributed by atoms with van der Waals surface area (Å²) in [5, 5.41) is 3.14. The second-order valence-corrected chi connectivity index (χ2v) is 15.1. The summed E-state index contributed by atoms with van der Waals surface area (Å²) in [6.45, 7) is -1.68. The van der Waals surface area contributed by atoms with Crippen molar-refractivity contribution in [2.45, 2.75) is 6.29 Å². The quantitative estimate of drug-likeness (QED) is 0.0299. The predicted molar refractivity (Wildman–Crippen MR) is 214 cm³/mol. The average Bonchev–Trinajstić information content (AvgIpc) is 4.24. The Morgan fingerprint density at radius 2 is 0.716 bits per heavy atom. The number of aromatic nitrogens is 4. The summed E-state index contributed by atoms with van der Waals surface area (Å²) in [6.07, 6.45) is -1.51. The molecule has 29 heteroatoms. The molecule has 74 heavy (non-hydrogen) atoms. The van der Waals surface area contributed by atoms with Crippen LogP contribution in [0.1, 0.15) is 23.4 Å². The Morgan fingerprint density at radius 1 is 0.419 bits per heavy atom. The molecule has 1 unspecified atom stereocenters. The molecule has 7 aromatic rings. The van der Waals surface area contributed by atoms with Gasteiger partial charge in [0.05, 0.1) is 51.3 Å². The topological polar surface area (TPSA) is 125 Å². The number of nitrogens with one attached hydrogen (secondary N) is 2. The fraction of sp³-hybridized carbons (Fsp3) is 0.0667. The Bertz CT molecular complexity index is 3790. The number of benzene rings is 4. The number of azide groups is 1. The van der Waals surface area contributed by atoms with Crippen LogP contribution in [0.4, 0.5) is 87.8 Å². The van der Waals surface area contributed by atoms with Crippen LogP contribution in [0.2, 0.25) is 0 Å². The van der Waals surface area contributed by atoms with Crippen molar-refractivity contribution in [3.8, 4) is 50.4 Å². The molecule has 9 nitrogen and oxygen atoms in total. The molecule has 0 saturated carbocycles. The number of rotatable bonds is 8. The van der Waals surface area contributed by atoms with Gasteiger partial charge in [-0.25, -0.2) is 97.8 Å². The van der Waals surface area contributed by atoms with Crippen LogP contribution < -0.4 is 4.74 Å². The Kier molecular flexibility index (Phi) is 12.6. The summed E-state index contributed by atoms with van der Waals surface area (Å²) in [5.74, 6) is -55.7. The van der Waals surface area contributed by atoms with Gasteiger partial charge in [0.2, 0.25) is 35.4 Å². The van der Waals surface area contributed by atoms with Crippen LogP contribution in [-0.4, -0.2) is 33.1 Å². The number of halogens is 20. The van der Waals surface area contributed by atoms with E-state index in [1.807, 2.05) is 0 Å². The van der Waals surface area contributed by atoms with Crippen molar-refractivity contribution in [2.24, 2.45) is 5.11 Å². The van der Waals surface area contributed by atoms with Crippen molar-refractivity contribution in [3.63, 3.8) is 0 Å². The molecule has 4 aromatic carbocycles. The number of fused-ring (bicyclic) bond motifs is 8. The molecule has 0 spiro atoms. The summed E-state index contributed by atoms with van der Waals surface area (Å²) in [7, 11) is 0. The molecule has 1 atom stereocenters. The minimum atomic E-state index is -2.80. The van der Waals surface area contributed by atoms with Gasteiger partial charge in [0.25, 0.3) is 0 Å². The molecule has 380 valence electrons. The Morgan fingerprint density at radius 3 is 1.07 bits per heavy atom. The lowest BCUT2D eigenvalue weighted by atomic mass is 10.0. The van der Waals surface area contributed by atoms with Crippen molar-refractivity contribution in [1.29, 1.82) is 0 Å². The first-order valence-electron chi connectivity index (χ1n) is 19.9. The molecule has 9 rings (SSSR count). The summed E-state index contributed by atoms with van der Waals surface area (Å²) in [5.41, 5.74) is -12.7. The maximum absolute atomic E-state index is 16.2. The van der Waals surface area contributed by atoms with Gasteiger partial charge in [0, 0.05) is 44.7 Å². The predicted octanol–water partition coefficient (Wildman–Crippen LogP) is 14.3. The molecular formula is C45H13F20N7O2. The highest BCUT2D eigenvalue weighted by atomic mass is 19.2. The van der Waals surface area contributed by atoms with Crippen LogP contribution in [0.25, 0.3) is 89.2 Å². The molecule has 0 amide bonds. The van der Waals surface area contributed by atoms with E-state index in [-0.39, 0.29) is 0 Å². The lowest BCUT2D eigenvalue weighted by Crippen LogP contribution is -2.13. The Balaban J connectivity index is 1.61. The van der Waals surface area contributed by atoms with Crippen molar-refractivity contribution >= 4 is 34.2 Å². The zero-order valence-corrected chi connectivity index (χ0v) is 35.1. The monoisotopic (exact) mass is 1060 g/mol. The van der Waals surface area contributed by atoms with Gasteiger partial charge >= 0.3 is 0 Å². The third kappa shape index (κ3) is 7.59.